The first-order chi connectivity index (χ1) is 9.60. The Hall–Kier alpha value is -0.920. The average molecular weight is 358 g/mol. The lowest BCUT2D eigenvalue weighted by Crippen LogP contribution is -2.13. The van der Waals surface area contributed by atoms with Crippen LogP contribution in [-0.4, -0.2) is 17.3 Å². The van der Waals surface area contributed by atoms with Crippen LogP contribution >= 0.6 is 27.3 Å². The highest BCUT2D eigenvalue weighted by atomic mass is 79.9. The number of ether oxygens (including phenoxy) is 1. The summed E-state index contributed by atoms with van der Waals surface area (Å²) in [5, 5.41) is 21.9. The van der Waals surface area contributed by atoms with Gasteiger partial charge in [-0.25, -0.2) is 0 Å². The van der Waals surface area contributed by atoms with E-state index in [1.807, 2.05) is 24.3 Å². The van der Waals surface area contributed by atoms with Crippen LogP contribution in [0.15, 0.2) is 34.1 Å². The number of thiophene rings is 1. The van der Waals surface area contributed by atoms with Crippen molar-refractivity contribution in [2.45, 2.75) is 19.4 Å². The van der Waals surface area contributed by atoms with E-state index in [1.54, 1.807) is 13.2 Å². The zero-order valence-electron chi connectivity index (χ0n) is 11.0. The number of nitrogens with one attached hydrogen (secondary N) is 1. The molecule has 2 aromatic rings. The van der Waals surface area contributed by atoms with Gasteiger partial charge in [0.25, 0.3) is 0 Å². The highest BCUT2D eigenvalue weighted by Crippen LogP contribution is 2.30. The second-order valence-corrected chi connectivity index (χ2v) is 6.77. The number of aliphatic hydroxyl groups excluding tert-OH is 1. The lowest BCUT2D eigenvalue weighted by Gasteiger charge is -2.08. The van der Waals surface area contributed by atoms with Gasteiger partial charge >= 0.3 is 0 Å². The fourth-order valence-electron chi connectivity index (χ4n) is 1.83. The third kappa shape index (κ3) is 4.04. The maximum atomic E-state index is 9.29. The molecule has 0 fully saturated rings. The van der Waals surface area contributed by atoms with Gasteiger partial charge in [0.1, 0.15) is 5.75 Å². The van der Waals surface area contributed by atoms with Crippen molar-refractivity contribution in [2.75, 3.05) is 7.11 Å². The van der Waals surface area contributed by atoms with Crippen LogP contribution in [0.2, 0.25) is 0 Å². The van der Waals surface area contributed by atoms with Gasteiger partial charge in [-0.2, -0.15) is 0 Å². The van der Waals surface area contributed by atoms with Gasteiger partial charge in [0, 0.05) is 23.5 Å². The fourth-order valence-corrected chi connectivity index (χ4v) is 3.54. The number of methoxy groups -OCH3 is 1. The number of rotatable bonds is 6. The minimum absolute atomic E-state index is 0.545. The molecular weight excluding hydrogens is 342 g/mol. The lowest BCUT2D eigenvalue weighted by molar-refractivity contribution is -0.0428. The smallest absolute Gasteiger partial charge is 0.179 e. The topological polar surface area (TPSA) is 61.7 Å². The van der Waals surface area contributed by atoms with Crippen LogP contribution < -0.4 is 10.1 Å². The summed E-state index contributed by atoms with van der Waals surface area (Å²) in [6.07, 6.45) is -1.43. The molecule has 0 atom stereocenters. The van der Waals surface area contributed by atoms with Gasteiger partial charge in [-0.15, -0.1) is 11.3 Å². The fraction of sp³-hybridized carbons (Fsp3) is 0.286. The van der Waals surface area contributed by atoms with Gasteiger partial charge < -0.3 is 20.3 Å². The lowest BCUT2D eigenvalue weighted by atomic mass is 10.2. The predicted molar refractivity (Wildman–Crippen MR) is 82.7 cm³/mol. The Bertz CT molecular complexity index is 554. The molecule has 6 heteroatoms. The quantitative estimate of drug-likeness (QED) is 0.695. The Morgan fingerprint density at radius 2 is 1.95 bits per heavy atom. The summed E-state index contributed by atoms with van der Waals surface area (Å²) >= 11 is 4.86. The molecule has 0 unspecified atom stereocenters. The van der Waals surface area contributed by atoms with E-state index in [0.29, 0.717) is 18.7 Å². The number of aliphatic hydroxyl groups is 2. The summed E-state index contributed by atoms with van der Waals surface area (Å²) in [5.74, 6) is 0.835. The normalized spacial score (nSPS) is 11.1. The van der Waals surface area contributed by atoms with E-state index in [2.05, 4.69) is 21.2 Å². The maximum absolute atomic E-state index is 9.29. The Balaban J connectivity index is 1.92. The van der Waals surface area contributed by atoms with Gasteiger partial charge in [0.05, 0.1) is 10.9 Å². The number of benzene rings is 1. The van der Waals surface area contributed by atoms with Gasteiger partial charge in [0.2, 0.25) is 0 Å². The molecule has 4 nitrogen and oxygen atoms in total. The van der Waals surface area contributed by atoms with Crippen LogP contribution in [0.25, 0.3) is 0 Å². The summed E-state index contributed by atoms with van der Waals surface area (Å²) in [4.78, 5) is 0.917. The summed E-state index contributed by atoms with van der Waals surface area (Å²) in [5.41, 5.74) is 1.69. The SMILES string of the molecule is COc1ccc(CNCc2sc(Br)cc2C(O)O)cc1. The molecule has 0 saturated carbocycles. The van der Waals surface area contributed by atoms with Crippen molar-refractivity contribution in [2.24, 2.45) is 0 Å². The van der Waals surface area contributed by atoms with Crippen LogP contribution in [0.3, 0.4) is 0 Å². The molecule has 20 heavy (non-hydrogen) atoms. The maximum Gasteiger partial charge on any atom is 0.179 e. The minimum Gasteiger partial charge on any atom is -0.497 e. The molecule has 0 amide bonds. The molecule has 2 rings (SSSR count). The molecule has 0 saturated heterocycles. The van der Waals surface area contributed by atoms with Gasteiger partial charge in [-0.1, -0.05) is 12.1 Å². The minimum atomic E-state index is -1.43. The third-order valence-corrected chi connectivity index (χ3v) is 4.52. The van der Waals surface area contributed by atoms with Crippen molar-refractivity contribution in [1.82, 2.24) is 5.32 Å². The molecule has 1 aromatic carbocycles. The first-order valence-corrected chi connectivity index (χ1v) is 7.69. The summed E-state index contributed by atoms with van der Waals surface area (Å²) in [6.45, 7) is 1.30. The van der Waals surface area contributed by atoms with Crippen molar-refractivity contribution in [3.05, 3.63) is 50.1 Å². The summed E-state index contributed by atoms with van der Waals surface area (Å²) < 4.78 is 6.00. The van der Waals surface area contributed by atoms with Crippen LogP contribution in [0.4, 0.5) is 0 Å². The van der Waals surface area contributed by atoms with Crippen LogP contribution in [0.5, 0.6) is 5.75 Å². The zero-order chi connectivity index (χ0) is 14.5. The molecule has 1 heterocycles. The van der Waals surface area contributed by atoms with E-state index in [1.165, 1.54) is 11.3 Å². The second kappa shape index (κ2) is 7.19. The van der Waals surface area contributed by atoms with Crippen molar-refractivity contribution in [3.8, 4) is 5.75 Å². The molecule has 0 aliphatic carbocycles. The first-order valence-electron chi connectivity index (χ1n) is 6.08. The highest BCUT2D eigenvalue weighted by Gasteiger charge is 2.13. The van der Waals surface area contributed by atoms with E-state index in [4.69, 9.17) is 4.74 Å². The highest BCUT2D eigenvalue weighted by molar-refractivity contribution is 9.11. The Kier molecular flexibility index (Phi) is 5.56. The molecule has 108 valence electrons. The van der Waals surface area contributed by atoms with Gasteiger partial charge in [0.15, 0.2) is 6.29 Å². The molecule has 0 radical (unpaired) electrons. The molecule has 0 spiro atoms. The van der Waals surface area contributed by atoms with Crippen molar-refractivity contribution >= 4 is 27.3 Å². The van der Waals surface area contributed by atoms with E-state index < -0.39 is 6.29 Å². The van der Waals surface area contributed by atoms with Crippen LogP contribution in [0, 0.1) is 0 Å². The first kappa shape index (κ1) is 15.5. The Morgan fingerprint density at radius 3 is 2.55 bits per heavy atom. The van der Waals surface area contributed by atoms with Crippen LogP contribution in [-0.2, 0) is 13.1 Å². The van der Waals surface area contributed by atoms with E-state index in [-0.39, 0.29) is 0 Å². The Morgan fingerprint density at radius 1 is 1.25 bits per heavy atom. The average Bonchev–Trinajstić information content (AvgIpc) is 2.81. The van der Waals surface area contributed by atoms with Crippen LogP contribution in [0.1, 0.15) is 22.3 Å². The standard InChI is InChI=1S/C14H16BrNO3S/c1-19-10-4-2-9(3-5-10)7-16-8-12-11(14(17)18)6-13(15)20-12/h2-6,14,16-18H,7-8H2,1H3. The molecular formula is C14H16BrNO3S. The molecule has 3 N–H and O–H groups in total. The molecule has 0 bridgehead atoms. The number of halogens is 1. The molecule has 0 aliphatic heterocycles. The van der Waals surface area contributed by atoms with E-state index >= 15 is 0 Å². The molecule has 1 aromatic heterocycles. The predicted octanol–water partition coefficient (Wildman–Crippen LogP) is 2.79. The zero-order valence-corrected chi connectivity index (χ0v) is 13.4. The monoisotopic (exact) mass is 357 g/mol. The van der Waals surface area contributed by atoms with E-state index in [9.17, 15) is 10.2 Å². The van der Waals surface area contributed by atoms with Crippen molar-refractivity contribution in [3.63, 3.8) is 0 Å². The third-order valence-electron chi connectivity index (χ3n) is 2.86. The van der Waals surface area contributed by atoms with Crippen molar-refractivity contribution < 1.29 is 14.9 Å². The largest absolute Gasteiger partial charge is 0.497 e. The Labute approximate surface area is 130 Å². The van der Waals surface area contributed by atoms with E-state index in [0.717, 1.165) is 20.0 Å². The summed E-state index contributed by atoms with van der Waals surface area (Å²) in [7, 11) is 1.64. The number of hydrogen-bond acceptors (Lipinski definition) is 5. The number of hydrogen-bond donors (Lipinski definition) is 3. The van der Waals surface area contributed by atoms with Gasteiger partial charge in [-0.05, 0) is 39.7 Å². The molecule has 0 aliphatic rings. The van der Waals surface area contributed by atoms with Gasteiger partial charge in [-0.3, -0.25) is 0 Å². The van der Waals surface area contributed by atoms with Crippen molar-refractivity contribution in [1.29, 1.82) is 0 Å². The summed E-state index contributed by atoms with van der Waals surface area (Å²) in [6, 6.07) is 9.57. The second-order valence-electron chi connectivity index (χ2n) is 4.25.